The van der Waals surface area contributed by atoms with Crippen LogP contribution >= 0.6 is 7.56 Å². The van der Waals surface area contributed by atoms with Crippen molar-refractivity contribution in [3.05, 3.63) is 0 Å². The molecule has 1 unspecified atom stereocenters. The Kier molecular flexibility index (Phi) is 3.69. The van der Waals surface area contributed by atoms with Gasteiger partial charge in [0, 0.05) is 0 Å². The summed E-state index contributed by atoms with van der Waals surface area (Å²) in [5, 5.41) is 0. The second-order valence-electron chi connectivity index (χ2n) is 0.778. The normalized spacial score (nSPS) is 17.7. The van der Waals surface area contributed by atoms with Crippen molar-refractivity contribution in [2.75, 3.05) is 0 Å². The van der Waals surface area contributed by atoms with Gasteiger partial charge in [0.25, 0.3) is 7.57 Å². The minimum atomic E-state index is -4.14. The molecule has 1 atom stereocenters. The third-order valence-corrected chi connectivity index (χ3v) is 0. The third-order valence-electron chi connectivity index (χ3n) is 0. The Morgan fingerprint density at radius 1 is 1.83 bits per heavy atom. The van der Waals surface area contributed by atoms with E-state index >= 15 is 0 Å². The summed E-state index contributed by atoms with van der Waals surface area (Å²) in [7, 11) is -3.51. The summed E-state index contributed by atoms with van der Waals surface area (Å²) in [6.45, 7) is 0. The van der Waals surface area contributed by atoms with Crippen molar-refractivity contribution >= 4 is 15.1 Å². The minimum Gasteiger partial charge on any atom is -0.344 e. The average Bonchev–Trinajstić information content (AvgIpc) is 0.722. The topological polar surface area (TPSA) is 72.3 Å². The highest BCUT2D eigenvalue weighted by atomic mass is 31.2. The van der Waals surface area contributed by atoms with Crippen molar-refractivity contribution in [3.8, 4) is 0 Å². The van der Waals surface area contributed by atoms with E-state index in [0.717, 1.165) is 0 Å². The van der Waals surface area contributed by atoms with Crippen LogP contribution in [-0.2, 0) is 4.57 Å². The standard InChI is InChI=1S/BFH3O2P.H3N/c1-5(2,3)4;/h1H2,(H,3,4);1H3. The summed E-state index contributed by atoms with van der Waals surface area (Å²) in [4.78, 5) is 7.41. The molecule has 0 saturated heterocycles. The number of hydrogen-bond donors (Lipinski definition) is 2. The Hall–Kier alpha value is 0.145. The van der Waals surface area contributed by atoms with Gasteiger partial charge < -0.3 is 11.0 Å². The fourth-order valence-electron chi connectivity index (χ4n) is 0. The molecule has 0 rings (SSSR count). The van der Waals surface area contributed by atoms with Gasteiger partial charge in [0.2, 0.25) is 0 Å². The summed E-state index contributed by atoms with van der Waals surface area (Å²) < 4.78 is 19.9. The van der Waals surface area contributed by atoms with E-state index in [4.69, 9.17) is 9.46 Å². The van der Waals surface area contributed by atoms with Crippen LogP contribution in [0.3, 0.4) is 0 Å². The molecule has 0 fully saturated rings. The molecule has 0 saturated carbocycles. The van der Waals surface area contributed by atoms with Crippen molar-refractivity contribution in [3.63, 3.8) is 0 Å². The van der Waals surface area contributed by atoms with Crippen LogP contribution in [0.5, 0.6) is 0 Å². The first kappa shape index (κ1) is 9.47. The summed E-state index contributed by atoms with van der Waals surface area (Å²) in [5.74, 6) is 0. The van der Waals surface area contributed by atoms with E-state index in [1.807, 2.05) is 0 Å². The highest BCUT2D eigenvalue weighted by molar-refractivity contribution is 7.78. The zero-order valence-corrected chi connectivity index (χ0v) is 4.28. The first-order valence-corrected chi connectivity index (χ1v) is 3.00. The molecule has 6 heavy (non-hydrogen) atoms. The lowest BCUT2D eigenvalue weighted by Gasteiger charge is -1.80. The van der Waals surface area contributed by atoms with Gasteiger partial charge in [-0.1, -0.05) is 0 Å². The first-order chi connectivity index (χ1) is 2.00. The van der Waals surface area contributed by atoms with E-state index in [1.54, 1.807) is 0 Å². The number of hydrogen-bond acceptors (Lipinski definition) is 2. The lowest BCUT2D eigenvalue weighted by molar-refractivity contribution is 0.450. The molecule has 6 heteroatoms. The van der Waals surface area contributed by atoms with Crippen molar-refractivity contribution in [1.82, 2.24) is 6.15 Å². The van der Waals surface area contributed by atoms with Gasteiger partial charge in [-0.05, 0) is 0 Å². The van der Waals surface area contributed by atoms with Crippen LogP contribution in [0.4, 0.5) is 4.20 Å². The molecule has 4 N–H and O–H groups in total. The Balaban J connectivity index is 0. The van der Waals surface area contributed by atoms with Gasteiger partial charge in [0.15, 0.2) is 0 Å². The van der Waals surface area contributed by atoms with Gasteiger partial charge in [-0.3, -0.25) is 4.57 Å². The van der Waals surface area contributed by atoms with Gasteiger partial charge in [0.1, 0.15) is 0 Å². The van der Waals surface area contributed by atoms with Crippen molar-refractivity contribution in [2.45, 2.75) is 0 Å². The SMILES string of the molecule is BP(=O)(O)F.N. The van der Waals surface area contributed by atoms with Gasteiger partial charge in [-0.2, -0.15) is 4.20 Å². The van der Waals surface area contributed by atoms with Crippen molar-refractivity contribution in [2.24, 2.45) is 0 Å². The number of halogens is 1. The molecule has 0 aromatic rings. The van der Waals surface area contributed by atoms with E-state index in [2.05, 4.69) is 0 Å². The van der Waals surface area contributed by atoms with Crippen LogP contribution in [0.15, 0.2) is 0 Å². The first-order valence-electron chi connectivity index (χ1n) is 0.999. The molecule has 0 spiro atoms. The van der Waals surface area contributed by atoms with Crippen LogP contribution in [0.1, 0.15) is 0 Å². The Morgan fingerprint density at radius 2 is 1.83 bits per heavy atom. The van der Waals surface area contributed by atoms with E-state index in [0.29, 0.717) is 7.57 Å². The van der Waals surface area contributed by atoms with Gasteiger partial charge in [-0.25, -0.2) is 0 Å². The quantitative estimate of drug-likeness (QED) is 0.338. The minimum absolute atomic E-state index is 0. The van der Waals surface area contributed by atoms with Gasteiger partial charge >= 0.3 is 7.56 Å². The lowest BCUT2D eigenvalue weighted by atomic mass is 10.8. The Bertz CT molecular complexity index is 59.7. The molecule has 0 bridgehead atoms. The maximum atomic E-state index is 10.8. The van der Waals surface area contributed by atoms with E-state index in [9.17, 15) is 4.20 Å². The zero-order chi connectivity index (χ0) is 4.50. The summed E-state index contributed by atoms with van der Waals surface area (Å²) >= 11 is 0. The van der Waals surface area contributed by atoms with Gasteiger partial charge in [-0.15, -0.1) is 0 Å². The van der Waals surface area contributed by atoms with Crippen LogP contribution in [0.2, 0.25) is 0 Å². The van der Waals surface area contributed by atoms with E-state index < -0.39 is 7.56 Å². The maximum absolute atomic E-state index is 10.8. The molecule has 0 radical (unpaired) electrons. The summed E-state index contributed by atoms with van der Waals surface area (Å²) in [6, 6.07) is 0. The highest BCUT2D eigenvalue weighted by Gasteiger charge is 2.00. The molecule has 0 aromatic carbocycles. The van der Waals surface area contributed by atoms with E-state index in [-0.39, 0.29) is 6.15 Å². The Labute approximate surface area is 36.1 Å². The molecule has 3 nitrogen and oxygen atoms in total. The van der Waals surface area contributed by atoms with Crippen molar-refractivity contribution in [1.29, 1.82) is 0 Å². The predicted molar refractivity (Wildman–Crippen MR) is 24.5 cm³/mol. The van der Waals surface area contributed by atoms with Crippen LogP contribution in [0.25, 0.3) is 0 Å². The fraction of sp³-hybridized carbons (Fsp3) is 0. The summed E-state index contributed by atoms with van der Waals surface area (Å²) in [6.07, 6.45) is 0. The second kappa shape index (κ2) is 2.34. The zero-order valence-electron chi connectivity index (χ0n) is 3.39. The molecule has 0 aromatic heterocycles. The second-order valence-corrected chi connectivity index (χ2v) is 2.33. The fourth-order valence-corrected chi connectivity index (χ4v) is 0. The van der Waals surface area contributed by atoms with Gasteiger partial charge in [0.05, 0.1) is 0 Å². The molecule has 0 aliphatic rings. The smallest absolute Gasteiger partial charge is 0.305 e. The molecule has 0 aliphatic heterocycles. The van der Waals surface area contributed by atoms with Crippen LogP contribution in [-0.4, -0.2) is 12.5 Å². The van der Waals surface area contributed by atoms with E-state index in [1.165, 1.54) is 0 Å². The van der Waals surface area contributed by atoms with Crippen LogP contribution < -0.4 is 6.15 Å². The molecular weight excluding hydrogens is 107 g/mol. The maximum Gasteiger partial charge on any atom is 0.305 e. The average molecular weight is 113 g/mol. The highest BCUT2D eigenvalue weighted by Crippen LogP contribution is 2.34. The van der Waals surface area contributed by atoms with Crippen molar-refractivity contribution < 1.29 is 13.7 Å². The predicted octanol–water partition coefficient (Wildman–Crippen LogP) is -0.149. The molecular formula is H6BFNO2P. The third kappa shape index (κ3) is 1950. The Morgan fingerprint density at radius 3 is 1.83 bits per heavy atom. The number of rotatable bonds is 0. The monoisotopic (exact) mass is 113 g/mol. The molecule has 0 aliphatic carbocycles. The van der Waals surface area contributed by atoms with Crippen LogP contribution in [0, 0.1) is 0 Å². The largest absolute Gasteiger partial charge is 0.344 e. The lowest BCUT2D eigenvalue weighted by Crippen LogP contribution is -1.58. The molecule has 0 heterocycles. The molecule has 0 amide bonds. The molecule has 38 valence electrons. The summed E-state index contributed by atoms with van der Waals surface area (Å²) in [5.41, 5.74) is 0.